The van der Waals surface area contributed by atoms with Crippen molar-refractivity contribution in [3.8, 4) is 0 Å². The van der Waals surface area contributed by atoms with Crippen LogP contribution in [0.25, 0.3) is 0 Å². The van der Waals surface area contributed by atoms with Crippen molar-refractivity contribution in [2.24, 2.45) is 0 Å². The third-order valence-electron chi connectivity index (χ3n) is 2.63. The van der Waals surface area contributed by atoms with Crippen molar-refractivity contribution < 1.29 is 4.52 Å². The van der Waals surface area contributed by atoms with E-state index < -0.39 is 0 Å². The van der Waals surface area contributed by atoms with Crippen LogP contribution in [0.4, 0.5) is 0 Å². The lowest BCUT2D eigenvalue weighted by Gasteiger charge is -2.05. The zero-order valence-corrected chi connectivity index (χ0v) is 9.32. The minimum atomic E-state index is 0.796. The third-order valence-corrected chi connectivity index (χ3v) is 2.63. The number of hydrogen-bond donors (Lipinski definition) is 0. The highest BCUT2D eigenvalue weighted by Crippen LogP contribution is 2.14. The van der Waals surface area contributed by atoms with Gasteiger partial charge in [0.2, 0.25) is 0 Å². The van der Waals surface area contributed by atoms with Gasteiger partial charge in [0.05, 0.1) is 12.2 Å². The van der Waals surface area contributed by atoms with Crippen LogP contribution in [0.15, 0.2) is 16.9 Å². The molecule has 0 saturated carbocycles. The Morgan fingerprint density at radius 3 is 2.80 bits per heavy atom. The maximum absolute atomic E-state index is 5.13. The molecule has 4 nitrogen and oxygen atoms in total. The summed E-state index contributed by atoms with van der Waals surface area (Å²) in [5.74, 6) is 1.98. The lowest BCUT2D eigenvalue weighted by molar-refractivity contribution is 0.392. The standard InChI is InChI=1S/C11H15N3O/c1-4-11-12-5-6-14(11)7-10-8(2)13-15-9(10)3/h5-6H,4,7H2,1-3H3. The second-order valence-electron chi connectivity index (χ2n) is 3.63. The minimum Gasteiger partial charge on any atom is -0.361 e. The van der Waals surface area contributed by atoms with Gasteiger partial charge in [0, 0.05) is 24.4 Å². The molecule has 0 radical (unpaired) electrons. The SMILES string of the molecule is CCc1nccn1Cc1c(C)noc1C. The molecule has 4 heteroatoms. The molecule has 0 bridgehead atoms. The maximum Gasteiger partial charge on any atom is 0.138 e. The van der Waals surface area contributed by atoms with Crippen LogP contribution in [-0.2, 0) is 13.0 Å². The van der Waals surface area contributed by atoms with E-state index in [2.05, 4.69) is 21.6 Å². The second kappa shape index (κ2) is 3.88. The van der Waals surface area contributed by atoms with Crippen molar-refractivity contribution in [2.75, 3.05) is 0 Å². The first-order valence-corrected chi connectivity index (χ1v) is 5.14. The first kappa shape index (κ1) is 9.96. The molecule has 0 aliphatic rings. The molecule has 0 aromatic carbocycles. The highest BCUT2D eigenvalue weighted by molar-refractivity contribution is 5.21. The predicted molar refractivity (Wildman–Crippen MR) is 56.7 cm³/mol. The van der Waals surface area contributed by atoms with Crippen LogP contribution in [-0.4, -0.2) is 14.7 Å². The fraction of sp³-hybridized carbons (Fsp3) is 0.455. The summed E-state index contributed by atoms with van der Waals surface area (Å²) in [4.78, 5) is 4.29. The first-order chi connectivity index (χ1) is 7.22. The number of imidazole rings is 1. The lowest BCUT2D eigenvalue weighted by atomic mass is 10.2. The zero-order chi connectivity index (χ0) is 10.8. The van der Waals surface area contributed by atoms with Gasteiger partial charge >= 0.3 is 0 Å². The van der Waals surface area contributed by atoms with Gasteiger partial charge in [-0.05, 0) is 13.8 Å². The number of rotatable bonds is 3. The molecular weight excluding hydrogens is 190 g/mol. The van der Waals surface area contributed by atoms with Crippen molar-refractivity contribution in [1.29, 1.82) is 0 Å². The van der Waals surface area contributed by atoms with E-state index in [0.717, 1.165) is 35.8 Å². The summed E-state index contributed by atoms with van der Waals surface area (Å²) in [5.41, 5.74) is 2.12. The first-order valence-electron chi connectivity index (χ1n) is 5.14. The Morgan fingerprint density at radius 2 is 2.20 bits per heavy atom. The van der Waals surface area contributed by atoms with Gasteiger partial charge in [0.25, 0.3) is 0 Å². The topological polar surface area (TPSA) is 43.9 Å². The van der Waals surface area contributed by atoms with Crippen LogP contribution in [0.2, 0.25) is 0 Å². The number of aryl methyl sites for hydroxylation is 3. The van der Waals surface area contributed by atoms with Gasteiger partial charge in [-0.25, -0.2) is 4.98 Å². The van der Waals surface area contributed by atoms with Crippen LogP contribution in [0, 0.1) is 13.8 Å². The predicted octanol–water partition coefficient (Wildman–Crippen LogP) is 2.10. The van der Waals surface area contributed by atoms with Gasteiger partial charge in [-0.2, -0.15) is 0 Å². The molecule has 2 rings (SSSR count). The summed E-state index contributed by atoms with van der Waals surface area (Å²) >= 11 is 0. The summed E-state index contributed by atoms with van der Waals surface area (Å²) in [6.45, 7) is 6.81. The molecule has 0 aliphatic carbocycles. The van der Waals surface area contributed by atoms with Crippen LogP contribution < -0.4 is 0 Å². The molecule has 2 aromatic rings. The van der Waals surface area contributed by atoms with E-state index in [9.17, 15) is 0 Å². The Morgan fingerprint density at radius 1 is 1.40 bits per heavy atom. The monoisotopic (exact) mass is 205 g/mol. The van der Waals surface area contributed by atoms with E-state index >= 15 is 0 Å². The summed E-state index contributed by atoms with van der Waals surface area (Å²) < 4.78 is 7.27. The highest BCUT2D eigenvalue weighted by atomic mass is 16.5. The zero-order valence-electron chi connectivity index (χ0n) is 9.32. The van der Waals surface area contributed by atoms with Gasteiger partial charge in [0.1, 0.15) is 11.6 Å². The van der Waals surface area contributed by atoms with E-state index in [1.165, 1.54) is 0 Å². The molecule has 80 valence electrons. The highest BCUT2D eigenvalue weighted by Gasteiger charge is 2.10. The Bertz CT molecular complexity index is 437. The summed E-state index contributed by atoms with van der Waals surface area (Å²) in [7, 11) is 0. The van der Waals surface area contributed by atoms with Gasteiger partial charge in [-0.15, -0.1) is 0 Å². The summed E-state index contributed by atoms with van der Waals surface area (Å²) in [6, 6.07) is 0. The van der Waals surface area contributed by atoms with E-state index in [0.29, 0.717) is 0 Å². The fourth-order valence-electron chi connectivity index (χ4n) is 1.70. The van der Waals surface area contributed by atoms with Crippen molar-refractivity contribution in [3.63, 3.8) is 0 Å². The van der Waals surface area contributed by atoms with Crippen molar-refractivity contribution in [3.05, 3.63) is 35.2 Å². The number of hydrogen-bond acceptors (Lipinski definition) is 3. The van der Waals surface area contributed by atoms with Crippen molar-refractivity contribution in [2.45, 2.75) is 33.7 Å². The summed E-state index contributed by atoms with van der Waals surface area (Å²) in [5, 5.41) is 3.94. The minimum absolute atomic E-state index is 0.796. The quantitative estimate of drug-likeness (QED) is 0.770. The maximum atomic E-state index is 5.13. The molecule has 0 spiro atoms. The third kappa shape index (κ3) is 1.79. The molecular formula is C11H15N3O. The van der Waals surface area contributed by atoms with E-state index in [4.69, 9.17) is 4.52 Å². The van der Waals surface area contributed by atoms with Gasteiger partial charge in [-0.1, -0.05) is 12.1 Å². The Balaban J connectivity index is 2.29. The van der Waals surface area contributed by atoms with Crippen LogP contribution in [0.1, 0.15) is 29.8 Å². The molecule has 0 saturated heterocycles. The summed E-state index contributed by atoms with van der Waals surface area (Å²) in [6.07, 6.45) is 4.76. The molecule has 0 fully saturated rings. The van der Waals surface area contributed by atoms with E-state index in [-0.39, 0.29) is 0 Å². The molecule has 0 N–H and O–H groups in total. The van der Waals surface area contributed by atoms with Gasteiger partial charge < -0.3 is 9.09 Å². The molecule has 0 amide bonds. The van der Waals surface area contributed by atoms with Crippen LogP contribution in [0.5, 0.6) is 0 Å². The Labute approximate surface area is 88.9 Å². The lowest BCUT2D eigenvalue weighted by Crippen LogP contribution is -2.04. The smallest absolute Gasteiger partial charge is 0.138 e. The van der Waals surface area contributed by atoms with Gasteiger partial charge in [0.15, 0.2) is 0 Å². The van der Waals surface area contributed by atoms with Crippen molar-refractivity contribution in [1.82, 2.24) is 14.7 Å². The molecule has 0 atom stereocenters. The van der Waals surface area contributed by atoms with Crippen LogP contribution >= 0.6 is 0 Å². The average Bonchev–Trinajstić information content (AvgIpc) is 2.79. The molecule has 2 aromatic heterocycles. The molecule has 15 heavy (non-hydrogen) atoms. The molecule has 2 heterocycles. The average molecular weight is 205 g/mol. The normalized spacial score (nSPS) is 10.9. The van der Waals surface area contributed by atoms with E-state index in [1.54, 1.807) is 0 Å². The van der Waals surface area contributed by atoms with Crippen LogP contribution in [0.3, 0.4) is 0 Å². The number of nitrogens with zero attached hydrogens (tertiary/aromatic N) is 3. The molecule has 0 unspecified atom stereocenters. The second-order valence-corrected chi connectivity index (χ2v) is 3.63. The Hall–Kier alpha value is -1.58. The van der Waals surface area contributed by atoms with E-state index in [1.807, 2.05) is 26.2 Å². The molecule has 0 aliphatic heterocycles. The fourth-order valence-corrected chi connectivity index (χ4v) is 1.70. The van der Waals surface area contributed by atoms with Crippen molar-refractivity contribution >= 4 is 0 Å². The number of aromatic nitrogens is 3. The largest absolute Gasteiger partial charge is 0.361 e. The van der Waals surface area contributed by atoms with Gasteiger partial charge in [-0.3, -0.25) is 0 Å². The Kier molecular flexibility index (Phi) is 2.58.